The van der Waals surface area contributed by atoms with E-state index in [-0.39, 0.29) is 60.6 Å². The Morgan fingerprint density at radius 3 is 2.30 bits per heavy atom. The standard InChI is InChI=1S/C29H54N4O4/c1-11-20(6)22(13-3)23-15-14-16-33(23)25(34)17-24(37-10)28(21(7)12-2)32(9)26(35)18-31-29(36)27(30-8)19(4)5/h11,19-24,27-28,30H,1,12-18H2,2-10H3,(H,31,36). The van der Waals surface area contributed by atoms with Gasteiger partial charge in [0.25, 0.3) is 0 Å². The van der Waals surface area contributed by atoms with Gasteiger partial charge in [-0.3, -0.25) is 14.4 Å². The number of ether oxygens (including phenoxy) is 1. The third-order valence-corrected chi connectivity index (χ3v) is 8.43. The summed E-state index contributed by atoms with van der Waals surface area (Å²) in [5, 5.41) is 5.78. The lowest BCUT2D eigenvalue weighted by molar-refractivity contribution is -0.143. The number of likely N-dealkylation sites (N-methyl/N-ethyl adjacent to an activating group) is 2. The number of likely N-dealkylation sites (tertiary alicyclic amines) is 1. The normalized spacial score (nSPS) is 20.6. The van der Waals surface area contributed by atoms with Gasteiger partial charge in [0.1, 0.15) is 0 Å². The highest BCUT2D eigenvalue weighted by molar-refractivity contribution is 5.87. The molecule has 0 aliphatic carbocycles. The minimum Gasteiger partial charge on any atom is -0.379 e. The highest BCUT2D eigenvalue weighted by Gasteiger charge is 2.39. The van der Waals surface area contributed by atoms with Crippen LogP contribution in [-0.4, -0.2) is 86.0 Å². The molecule has 1 rings (SSSR count). The van der Waals surface area contributed by atoms with Crippen LogP contribution in [0.1, 0.15) is 73.6 Å². The van der Waals surface area contributed by atoms with Gasteiger partial charge < -0.3 is 25.2 Å². The van der Waals surface area contributed by atoms with Crippen molar-refractivity contribution in [2.75, 3.05) is 34.3 Å². The Kier molecular flexibility index (Phi) is 14.4. The van der Waals surface area contributed by atoms with Crippen LogP contribution in [0.15, 0.2) is 12.7 Å². The summed E-state index contributed by atoms with van der Waals surface area (Å²) < 4.78 is 5.89. The zero-order valence-electron chi connectivity index (χ0n) is 24.9. The number of carbonyl (C=O) groups excluding carboxylic acids is 3. The number of nitrogens with zero attached hydrogens (tertiary/aromatic N) is 2. The van der Waals surface area contributed by atoms with Crippen LogP contribution in [0.5, 0.6) is 0 Å². The maximum Gasteiger partial charge on any atom is 0.242 e. The van der Waals surface area contributed by atoms with Crippen molar-refractivity contribution in [3.8, 4) is 0 Å². The van der Waals surface area contributed by atoms with E-state index in [9.17, 15) is 14.4 Å². The molecule has 7 atom stereocenters. The smallest absolute Gasteiger partial charge is 0.242 e. The molecule has 1 fully saturated rings. The predicted molar refractivity (Wildman–Crippen MR) is 150 cm³/mol. The molecule has 1 saturated heterocycles. The number of methoxy groups -OCH3 is 1. The second kappa shape index (κ2) is 16.1. The Morgan fingerprint density at radius 2 is 1.81 bits per heavy atom. The largest absolute Gasteiger partial charge is 0.379 e. The number of hydrogen-bond acceptors (Lipinski definition) is 5. The Morgan fingerprint density at radius 1 is 1.16 bits per heavy atom. The van der Waals surface area contributed by atoms with Crippen molar-refractivity contribution in [3.63, 3.8) is 0 Å². The fourth-order valence-electron chi connectivity index (χ4n) is 5.92. The van der Waals surface area contributed by atoms with Gasteiger partial charge in [-0.15, -0.1) is 6.58 Å². The Bertz CT molecular complexity index is 743. The first-order valence-electron chi connectivity index (χ1n) is 14.1. The summed E-state index contributed by atoms with van der Waals surface area (Å²) >= 11 is 0. The molecule has 0 spiro atoms. The summed E-state index contributed by atoms with van der Waals surface area (Å²) in [5.41, 5.74) is 0. The first kappa shape index (κ1) is 33.1. The summed E-state index contributed by atoms with van der Waals surface area (Å²) in [6.07, 6.45) is 5.62. The van der Waals surface area contributed by atoms with E-state index < -0.39 is 6.10 Å². The van der Waals surface area contributed by atoms with Gasteiger partial charge in [-0.05, 0) is 43.6 Å². The van der Waals surface area contributed by atoms with Gasteiger partial charge in [-0.1, -0.05) is 60.5 Å². The van der Waals surface area contributed by atoms with Crippen LogP contribution in [0.3, 0.4) is 0 Å². The summed E-state index contributed by atoms with van der Waals surface area (Å²) in [6, 6.07) is -0.443. The van der Waals surface area contributed by atoms with Crippen LogP contribution in [0.2, 0.25) is 0 Å². The zero-order valence-corrected chi connectivity index (χ0v) is 24.9. The Hall–Kier alpha value is -1.93. The van der Waals surface area contributed by atoms with Gasteiger partial charge in [-0.2, -0.15) is 0 Å². The monoisotopic (exact) mass is 522 g/mol. The molecule has 8 nitrogen and oxygen atoms in total. The number of nitrogens with one attached hydrogen (secondary N) is 2. The molecule has 1 aliphatic heterocycles. The molecule has 0 aromatic heterocycles. The van der Waals surface area contributed by atoms with E-state index in [0.29, 0.717) is 11.8 Å². The van der Waals surface area contributed by atoms with Crippen LogP contribution in [-0.2, 0) is 19.1 Å². The lowest BCUT2D eigenvalue weighted by Gasteiger charge is -2.39. The van der Waals surface area contributed by atoms with Crippen molar-refractivity contribution in [2.45, 2.75) is 97.9 Å². The van der Waals surface area contributed by atoms with Crippen molar-refractivity contribution in [3.05, 3.63) is 12.7 Å². The van der Waals surface area contributed by atoms with E-state index in [1.165, 1.54) is 0 Å². The lowest BCUT2D eigenvalue weighted by atomic mass is 9.83. The summed E-state index contributed by atoms with van der Waals surface area (Å²) in [7, 11) is 5.10. The molecule has 37 heavy (non-hydrogen) atoms. The van der Waals surface area contributed by atoms with Crippen molar-refractivity contribution in [1.29, 1.82) is 0 Å². The molecule has 1 heterocycles. The van der Waals surface area contributed by atoms with E-state index in [1.807, 2.05) is 24.8 Å². The first-order valence-corrected chi connectivity index (χ1v) is 14.1. The fraction of sp³-hybridized carbons (Fsp3) is 0.828. The fourth-order valence-corrected chi connectivity index (χ4v) is 5.92. The van der Waals surface area contributed by atoms with E-state index in [1.54, 1.807) is 26.1 Å². The second-order valence-electron chi connectivity index (χ2n) is 11.1. The number of allylic oxidation sites excluding steroid dienone is 1. The number of amides is 3. The third kappa shape index (κ3) is 8.81. The van der Waals surface area contributed by atoms with Gasteiger partial charge >= 0.3 is 0 Å². The molecule has 8 heteroatoms. The van der Waals surface area contributed by atoms with Crippen molar-refractivity contribution in [1.82, 2.24) is 20.4 Å². The summed E-state index contributed by atoms with van der Waals surface area (Å²) in [4.78, 5) is 43.0. The molecule has 0 saturated carbocycles. The molecule has 0 bridgehead atoms. The molecule has 0 radical (unpaired) electrons. The van der Waals surface area contributed by atoms with Crippen LogP contribution in [0.25, 0.3) is 0 Å². The maximum absolute atomic E-state index is 13.6. The van der Waals surface area contributed by atoms with E-state index in [0.717, 1.165) is 32.2 Å². The van der Waals surface area contributed by atoms with Crippen molar-refractivity contribution in [2.24, 2.45) is 23.7 Å². The van der Waals surface area contributed by atoms with Crippen LogP contribution < -0.4 is 10.6 Å². The van der Waals surface area contributed by atoms with Crippen molar-refractivity contribution >= 4 is 17.7 Å². The molecule has 0 aromatic rings. The number of rotatable bonds is 16. The molecular formula is C29H54N4O4. The van der Waals surface area contributed by atoms with Crippen LogP contribution in [0, 0.1) is 23.7 Å². The molecule has 2 N–H and O–H groups in total. The topological polar surface area (TPSA) is 91.0 Å². The highest BCUT2D eigenvalue weighted by Crippen LogP contribution is 2.33. The van der Waals surface area contributed by atoms with Crippen LogP contribution in [0.4, 0.5) is 0 Å². The zero-order chi connectivity index (χ0) is 28.3. The van der Waals surface area contributed by atoms with Gasteiger partial charge in [0.2, 0.25) is 17.7 Å². The van der Waals surface area contributed by atoms with Crippen molar-refractivity contribution < 1.29 is 19.1 Å². The average molecular weight is 523 g/mol. The molecule has 0 aromatic carbocycles. The van der Waals surface area contributed by atoms with Crippen LogP contribution >= 0.6 is 0 Å². The quantitative estimate of drug-likeness (QED) is 0.303. The molecule has 214 valence electrons. The van der Waals surface area contributed by atoms with Gasteiger partial charge in [0, 0.05) is 26.7 Å². The third-order valence-electron chi connectivity index (χ3n) is 8.43. The Balaban J connectivity index is 3.01. The maximum atomic E-state index is 13.6. The van der Waals surface area contributed by atoms with E-state index in [2.05, 4.69) is 44.9 Å². The molecular weight excluding hydrogens is 468 g/mol. The molecule has 7 unspecified atom stereocenters. The van der Waals surface area contributed by atoms with E-state index >= 15 is 0 Å². The average Bonchev–Trinajstić information content (AvgIpc) is 3.36. The highest BCUT2D eigenvalue weighted by atomic mass is 16.5. The predicted octanol–water partition coefficient (Wildman–Crippen LogP) is 3.46. The second-order valence-corrected chi connectivity index (χ2v) is 11.1. The number of hydrogen-bond donors (Lipinski definition) is 2. The lowest BCUT2D eigenvalue weighted by Crippen LogP contribution is -2.54. The summed E-state index contributed by atoms with van der Waals surface area (Å²) in [5.74, 6) is 0.628. The van der Waals surface area contributed by atoms with Gasteiger partial charge in [0.15, 0.2) is 0 Å². The summed E-state index contributed by atoms with van der Waals surface area (Å²) in [6.45, 7) is 17.1. The van der Waals surface area contributed by atoms with E-state index in [4.69, 9.17) is 4.74 Å². The molecule has 3 amide bonds. The number of carbonyl (C=O) groups is 3. The SMILES string of the molecule is C=CC(C)C(CC)C1CCCN1C(=O)CC(OC)C(C(C)CC)N(C)C(=O)CNC(=O)C(NC)C(C)C. The first-order chi connectivity index (χ1) is 17.5. The molecule has 1 aliphatic rings. The Labute approximate surface area is 225 Å². The van der Waals surface area contributed by atoms with Gasteiger partial charge in [-0.25, -0.2) is 0 Å². The van der Waals surface area contributed by atoms with Gasteiger partial charge in [0.05, 0.1) is 31.2 Å². The minimum absolute atomic E-state index is 0.0836. The minimum atomic E-state index is -0.439.